The predicted molar refractivity (Wildman–Crippen MR) is 95.3 cm³/mol. The predicted octanol–water partition coefficient (Wildman–Crippen LogP) is 3.39. The first-order chi connectivity index (χ1) is 11.6. The fourth-order valence-electron chi connectivity index (χ4n) is 3.80. The number of benzene rings is 1. The van der Waals surface area contributed by atoms with Gasteiger partial charge >= 0.3 is 0 Å². The Bertz CT molecular complexity index is 646. The van der Waals surface area contributed by atoms with Crippen molar-refractivity contribution < 1.29 is 4.39 Å². The minimum Gasteiger partial charge on any atom is -0.306 e. The number of hydrogen-bond acceptors (Lipinski definition) is 3. The van der Waals surface area contributed by atoms with Crippen LogP contribution < -0.4 is 0 Å². The van der Waals surface area contributed by atoms with E-state index >= 15 is 0 Å². The lowest BCUT2D eigenvalue weighted by molar-refractivity contribution is 0.218. The van der Waals surface area contributed by atoms with Crippen LogP contribution in [-0.4, -0.2) is 48.5 Å². The molecule has 0 saturated carbocycles. The summed E-state index contributed by atoms with van der Waals surface area (Å²) in [6, 6.07) is 11.7. The fraction of sp³-hybridized carbons (Fsp3) is 0.450. The van der Waals surface area contributed by atoms with Crippen LogP contribution in [0.4, 0.5) is 4.39 Å². The number of aromatic nitrogens is 1. The van der Waals surface area contributed by atoms with E-state index in [1.807, 2.05) is 30.6 Å². The zero-order valence-electron chi connectivity index (χ0n) is 14.5. The minimum atomic E-state index is -0.0975. The SMILES string of the molecule is CN(CCc1ccccc1F)C[C@@H]1CCN(C)[C@H]1c1cccnc1. The van der Waals surface area contributed by atoms with Gasteiger partial charge in [0.15, 0.2) is 0 Å². The first-order valence-corrected chi connectivity index (χ1v) is 8.67. The highest BCUT2D eigenvalue weighted by atomic mass is 19.1. The second kappa shape index (κ2) is 7.86. The van der Waals surface area contributed by atoms with Crippen LogP contribution in [0.25, 0.3) is 0 Å². The fourth-order valence-corrected chi connectivity index (χ4v) is 3.80. The molecule has 1 aliphatic rings. The quantitative estimate of drug-likeness (QED) is 0.811. The molecule has 0 spiro atoms. The van der Waals surface area contributed by atoms with Crippen LogP contribution in [0.2, 0.25) is 0 Å². The van der Waals surface area contributed by atoms with E-state index < -0.39 is 0 Å². The molecule has 0 N–H and O–H groups in total. The Morgan fingerprint density at radius 3 is 2.83 bits per heavy atom. The Morgan fingerprint density at radius 2 is 2.08 bits per heavy atom. The van der Waals surface area contributed by atoms with Crippen LogP contribution in [0.1, 0.15) is 23.6 Å². The van der Waals surface area contributed by atoms with Crippen molar-refractivity contribution in [3.05, 3.63) is 65.7 Å². The molecule has 0 unspecified atom stereocenters. The third kappa shape index (κ3) is 4.00. The molecule has 0 amide bonds. The summed E-state index contributed by atoms with van der Waals surface area (Å²) in [5.41, 5.74) is 2.10. The summed E-state index contributed by atoms with van der Waals surface area (Å²) < 4.78 is 13.7. The molecule has 1 fully saturated rings. The standard InChI is InChI=1S/C20H26FN3/c1-23(12-9-16-6-3-4-8-19(16)21)15-18-10-13-24(2)20(18)17-7-5-11-22-14-17/h3-8,11,14,18,20H,9-10,12-13,15H2,1-2H3/t18-,20-/m0/s1. The van der Waals surface area contributed by atoms with Gasteiger partial charge in [-0.05, 0) is 62.7 Å². The van der Waals surface area contributed by atoms with Crippen molar-refractivity contribution in [1.82, 2.24) is 14.8 Å². The third-order valence-corrected chi connectivity index (χ3v) is 5.07. The van der Waals surface area contributed by atoms with Gasteiger partial charge in [-0.1, -0.05) is 24.3 Å². The number of likely N-dealkylation sites (N-methyl/N-ethyl adjacent to an activating group) is 1. The average Bonchev–Trinajstić information content (AvgIpc) is 2.95. The van der Waals surface area contributed by atoms with Crippen molar-refractivity contribution >= 4 is 0 Å². The highest BCUT2D eigenvalue weighted by molar-refractivity contribution is 5.18. The van der Waals surface area contributed by atoms with Crippen LogP contribution >= 0.6 is 0 Å². The maximum absolute atomic E-state index is 13.7. The van der Waals surface area contributed by atoms with E-state index in [0.717, 1.165) is 31.6 Å². The molecule has 128 valence electrons. The summed E-state index contributed by atoms with van der Waals surface area (Å²) in [7, 11) is 4.33. The van der Waals surface area contributed by atoms with Gasteiger partial charge in [0.2, 0.25) is 0 Å². The maximum Gasteiger partial charge on any atom is 0.126 e. The lowest BCUT2D eigenvalue weighted by Crippen LogP contribution is -2.31. The van der Waals surface area contributed by atoms with Crippen molar-refractivity contribution in [3.8, 4) is 0 Å². The van der Waals surface area contributed by atoms with Crippen LogP contribution in [0.5, 0.6) is 0 Å². The average molecular weight is 327 g/mol. The van der Waals surface area contributed by atoms with Gasteiger partial charge in [0.05, 0.1) is 0 Å². The van der Waals surface area contributed by atoms with Crippen LogP contribution in [0.15, 0.2) is 48.8 Å². The minimum absolute atomic E-state index is 0.0975. The Kier molecular flexibility index (Phi) is 5.59. The van der Waals surface area contributed by atoms with E-state index in [0.29, 0.717) is 12.0 Å². The summed E-state index contributed by atoms with van der Waals surface area (Å²) in [5.74, 6) is 0.490. The molecule has 3 nitrogen and oxygen atoms in total. The van der Waals surface area contributed by atoms with E-state index in [4.69, 9.17) is 0 Å². The Hall–Kier alpha value is -1.78. The molecule has 2 heterocycles. The summed E-state index contributed by atoms with van der Waals surface area (Å²) in [6.07, 6.45) is 5.76. The summed E-state index contributed by atoms with van der Waals surface area (Å²) in [4.78, 5) is 9.04. The van der Waals surface area contributed by atoms with Crippen molar-refractivity contribution in [1.29, 1.82) is 0 Å². The number of hydrogen-bond donors (Lipinski definition) is 0. The third-order valence-electron chi connectivity index (χ3n) is 5.07. The van der Waals surface area contributed by atoms with Crippen LogP contribution in [-0.2, 0) is 6.42 Å². The van der Waals surface area contributed by atoms with Crippen LogP contribution in [0, 0.1) is 11.7 Å². The van der Waals surface area contributed by atoms with Crippen molar-refractivity contribution in [2.45, 2.75) is 18.9 Å². The van der Waals surface area contributed by atoms with Gasteiger partial charge in [-0.15, -0.1) is 0 Å². The van der Waals surface area contributed by atoms with E-state index in [2.05, 4.69) is 34.9 Å². The molecular formula is C20H26FN3. The molecule has 1 saturated heterocycles. The van der Waals surface area contributed by atoms with Gasteiger partial charge in [-0.3, -0.25) is 9.88 Å². The number of pyridine rings is 1. The van der Waals surface area contributed by atoms with E-state index in [1.54, 1.807) is 12.1 Å². The second-order valence-electron chi connectivity index (χ2n) is 6.86. The molecular weight excluding hydrogens is 301 g/mol. The highest BCUT2D eigenvalue weighted by Gasteiger charge is 2.33. The zero-order chi connectivity index (χ0) is 16.9. The van der Waals surface area contributed by atoms with Gasteiger partial charge < -0.3 is 4.90 Å². The number of rotatable bonds is 6. The summed E-state index contributed by atoms with van der Waals surface area (Å²) >= 11 is 0. The Balaban J connectivity index is 1.59. The summed E-state index contributed by atoms with van der Waals surface area (Å²) in [6.45, 7) is 3.02. The summed E-state index contributed by atoms with van der Waals surface area (Å²) in [5, 5.41) is 0. The molecule has 4 heteroatoms. The first-order valence-electron chi connectivity index (χ1n) is 8.67. The molecule has 1 aromatic carbocycles. The molecule has 0 radical (unpaired) electrons. The van der Waals surface area contributed by atoms with Gasteiger partial charge in [0.1, 0.15) is 5.82 Å². The number of nitrogens with zero attached hydrogens (tertiary/aromatic N) is 3. The van der Waals surface area contributed by atoms with Crippen molar-refractivity contribution in [2.24, 2.45) is 5.92 Å². The normalized spacial score (nSPS) is 21.5. The molecule has 2 aromatic rings. The smallest absolute Gasteiger partial charge is 0.126 e. The monoisotopic (exact) mass is 327 g/mol. The molecule has 24 heavy (non-hydrogen) atoms. The lowest BCUT2D eigenvalue weighted by atomic mass is 9.94. The lowest BCUT2D eigenvalue weighted by Gasteiger charge is -2.28. The number of halogens is 1. The maximum atomic E-state index is 13.7. The molecule has 1 aliphatic heterocycles. The van der Waals surface area contributed by atoms with Gasteiger partial charge in [0, 0.05) is 31.5 Å². The molecule has 3 rings (SSSR count). The second-order valence-corrected chi connectivity index (χ2v) is 6.86. The Morgan fingerprint density at radius 1 is 1.25 bits per heavy atom. The van der Waals surface area contributed by atoms with Crippen molar-refractivity contribution in [3.63, 3.8) is 0 Å². The zero-order valence-corrected chi connectivity index (χ0v) is 14.5. The van der Waals surface area contributed by atoms with Crippen molar-refractivity contribution in [2.75, 3.05) is 33.7 Å². The van der Waals surface area contributed by atoms with Gasteiger partial charge in [0.25, 0.3) is 0 Å². The molecule has 2 atom stereocenters. The molecule has 0 aliphatic carbocycles. The van der Waals surface area contributed by atoms with Crippen LogP contribution in [0.3, 0.4) is 0 Å². The van der Waals surface area contributed by atoms with E-state index in [9.17, 15) is 4.39 Å². The Labute approximate surface area is 144 Å². The van der Waals surface area contributed by atoms with E-state index in [-0.39, 0.29) is 5.82 Å². The largest absolute Gasteiger partial charge is 0.306 e. The van der Waals surface area contributed by atoms with Gasteiger partial charge in [-0.2, -0.15) is 0 Å². The van der Waals surface area contributed by atoms with Gasteiger partial charge in [-0.25, -0.2) is 4.39 Å². The molecule has 0 bridgehead atoms. The highest BCUT2D eigenvalue weighted by Crippen LogP contribution is 2.36. The van der Waals surface area contributed by atoms with E-state index in [1.165, 1.54) is 12.0 Å². The topological polar surface area (TPSA) is 19.4 Å². The first kappa shape index (κ1) is 17.1. The molecule has 1 aromatic heterocycles. The number of likely N-dealkylation sites (tertiary alicyclic amines) is 1.